The molecule has 6 unspecified atom stereocenters. The maximum absolute atomic E-state index is 12.8. The smallest absolute Gasteiger partial charge is 0.431 e. The van der Waals surface area contributed by atoms with Crippen molar-refractivity contribution in [3.8, 4) is 0 Å². The van der Waals surface area contributed by atoms with Crippen molar-refractivity contribution < 1.29 is 52.6 Å². The number of nitrogens with one attached hydrogen (secondary N) is 3. The van der Waals surface area contributed by atoms with Crippen molar-refractivity contribution in [1.29, 1.82) is 0 Å². The first-order valence-corrected chi connectivity index (χ1v) is 34.1. The van der Waals surface area contributed by atoms with Crippen molar-refractivity contribution in [2.24, 2.45) is 50.2 Å². The van der Waals surface area contributed by atoms with Gasteiger partial charge < -0.3 is 24.8 Å². The molecule has 3 aliphatic carbocycles. The topological polar surface area (TPSA) is 192 Å². The minimum Gasteiger partial charge on any atom is -0.450 e. The lowest BCUT2D eigenvalue weighted by Gasteiger charge is -2.30. The normalized spacial score (nSPS) is 19.2. The summed E-state index contributed by atoms with van der Waals surface area (Å²) in [6.07, 6.45) is 34.6. The first-order valence-electron chi connectivity index (χ1n) is 33.1. The number of carbonyl (C=O) groups is 7. The van der Waals surface area contributed by atoms with Crippen LogP contribution in [0.2, 0.25) is 0 Å². The Labute approximate surface area is 528 Å². The van der Waals surface area contributed by atoms with Crippen LogP contribution in [-0.4, -0.2) is 84.5 Å². The van der Waals surface area contributed by atoms with Crippen LogP contribution in [0.4, 0.5) is 14.4 Å². The van der Waals surface area contributed by atoms with Crippen molar-refractivity contribution in [2.75, 3.05) is 25.4 Å². The number of ether oxygens (including phenoxy) is 3. The lowest BCUT2D eigenvalue weighted by molar-refractivity contribution is -0.132. The molecule has 0 aliphatic heterocycles. The number of allylic oxidation sites excluding steroid dienone is 3. The number of Topliss-reactive ketones (excluding diaryl/α,β-unsaturated/α-hetero) is 3. The fourth-order valence-corrected chi connectivity index (χ4v) is 11.7. The fourth-order valence-electron chi connectivity index (χ4n) is 10.9. The first-order chi connectivity index (χ1) is 39.9. The molecule has 0 saturated carbocycles. The molecular formula is C71H125N3O11S. The summed E-state index contributed by atoms with van der Waals surface area (Å²) in [4.78, 5) is 91.3. The van der Waals surface area contributed by atoms with Crippen LogP contribution in [0.15, 0.2) is 36.5 Å². The van der Waals surface area contributed by atoms with E-state index in [1.807, 2.05) is 86.6 Å². The number of unbranched alkanes of at least 4 members (excludes halogenated alkanes) is 2. The summed E-state index contributed by atoms with van der Waals surface area (Å²) < 4.78 is 16.4. The van der Waals surface area contributed by atoms with E-state index in [1.54, 1.807) is 0 Å². The summed E-state index contributed by atoms with van der Waals surface area (Å²) in [7, 11) is 0. The van der Waals surface area contributed by atoms with Gasteiger partial charge in [-0.3, -0.25) is 24.0 Å². The molecule has 3 rings (SSSR count). The predicted molar refractivity (Wildman–Crippen MR) is 354 cm³/mol. The number of hydroxylamine groups is 1. The second-order valence-corrected chi connectivity index (χ2v) is 32.1. The fraction of sp³-hybridized carbons (Fsp3) is 0.817. The van der Waals surface area contributed by atoms with Gasteiger partial charge in [-0.25, -0.2) is 14.4 Å². The summed E-state index contributed by atoms with van der Waals surface area (Å²) in [5.74, 6) is 1.09. The molecule has 0 fully saturated rings. The highest BCUT2D eigenvalue weighted by Gasteiger charge is 2.35. The average molecular weight is 1230 g/mol. The third-order valence-electron chi connectivity index (χ3n) is 15.1. The number of ketones is 3. The van der Waals surface area contributed by atoms with E-state index in [0.717, 1.165) is 134 Å². The molecule has 6 atom stereocenters. The summed E-state index contributed by atoms with van der Waals surface area (Å²) in [6, 6.07) is 0. The Morgan fingerprint density at radius 3 is 1.20 bits per heavy atom. The third kappa shape index (κ3) is 41.3. The van der Waals surface area contributed by atoms with E-state index in [2.05, 4.69) is 90.6 Å². The Kier molecular flexibility index (Phi) is 37.8. The number of thioether (sulfide) groups is 1. The number of rotatable bonds is 24. The van der Waals surface area contributed by atoms with E-state index in [4.69, 9.17) is 19.0 Å². The minimum absolute atomic E-state index is 0.0342. The molecule has 496 valence electrons. The molecule has 3 N–H and O–H groups in total. The van der Waals surface area contributed by atoms with Gasteiger partial charge in [-0.05, 0) is 168 Å². The van der Waals surface area contributed by atoms with Crippen LogP contribution in [-0.2, 0) is 38.2 Å². The monoisotopic (exact) mass is 1230 g/mol. The van der Waals surface area contributed by atoms with Gasteiger partial charge in [-0.15, -0.1) is 0 Å². The second kappa shape index (κ2) is 40.6. The lowest BCUT2D eigenvalue weighted by atomic mass is 9.74. The van der Waals surface area contributed by atoms with Gasteiger partial charge in [0.05, 0.1) is 0 Å². The Morgan fingerprint density at radius 1 is 0.442 bits per heavy atom. The molecule has 86 heavy (non-hydrogen) atoms. The van der Waals surface area contributed by atoms with Crippen LogP contribution in [0, 0.1) is 50.2 Å². The van der Waals surface area contributed by atoms with Crippen molar-refractivity contribution >= 4 is 52.5 Å². The molecule has 0 saturated heterocycles. The predicted octanol–water partition coefficient (Wildman–Crippen LogP) is 18.3. The van der Waals surface area contributed by atoms with Gasteiger partial charge in [0.2, 0.25) is 5.91 Å². The number of hydrogen-bond acceptors (Lipinski definition) is 12. The molecular weight excluding hydrogens is 1100 g/mol. The van der Waals surface area contributed by atoms with Crippen LogP contribution in [0.25, 0.3) is 0 Å². The van der Waals surface area contributed by atoms with Gasteiger partial charge in [-0.2, -0.15) is 5.48 Å². The van der Waals surface area contributed by atoms with Gasteiger partial charge >= 0.3 is 17.5 Å². The Hall–Kier alpha value is -3.98. The quantitative estimate of drug-likeness (QED) is 0.0273. The van der Waals surface area contributed by atoms with Gasteiger partial charge in [0, 0.05) is 52.8 Å². The second-order valence-electron chi connectivity index (χ2n) is 31.2. The molecule has 0 spiro atoms. The minimum atomic E-state index is -0.688. The molecule has 15 heteroatoms. The summed E-state index contributed by atoms with van der Waals surface area (Å²) in [5, 5.41) is 5.40. The highest BCUT2D eigenvalue weighted by molar-refractivity contribution is 8.13. The average Bonchev–Trinajstić information content (AvgIpc) is 2.71. The van der Waals surface area contributed by atoms with Gasteiger partial charge in [0.15, 0.2) is 6.61 Å². The van der Waals surface area contributed by atoms with Crippen LogP contribution in [0.1, 0.15) is 279 Å². The van der Waals surface area contributed by atoms with E-state index in [1.165, 1.54) is 32.1 Å². The molecule has 3 aliphatic rings. The number of amides is 3. The van der Waals surface area contributed by atoms with E-state index in [9.17, 15) is 33.6 Å². The van der Waals surface area contributed by atoms with Crippen LogP contribution < -0.4 is 16.1 Å². The third-order valence-corrected chi connectivity index (χ3v) is 16.0. The van der Waals surface area contributed by atoms with Crippen molar-refractivity contribution in [3.05, 3.63) is 36.5 Å². The zero-order chi connectivity index (χ0) is 65.2. The van der Waals surface area contributed by atoms with E-state index in [0.29, 0.717) is 30.4 Å². The molecule has 0 aromatic heterocycles. The van der Waals surface area contributed by atoms with E-state index >= 15 is 0 Å². The van der Waals surface area contributed by atoms with Crippen LogP contribution in [0.3, 0.4) is 0 Å². The lowest BCUT2D eigenvalue weighted by Crippen LogP contribution is -2.35. The van der Waals surface area contributed by atoms with Crippen LogP contribution >= 0.6 is 11.8 Å². The van der Waals surface area contributed by atoms with Crippen molar-refractivity contribution in [1.82, 2.24) is 16.1 Å². The van der Waals surface area contributed by atoms with E-state index < -0.39 is 6.09 Å². The molecule has 0 radical (unpaired) electrons. The molecule has 0 aromatic rings. The molecule has 0 bridgehead atoms. The van der Waals surface area contributed by atoms with Crippen molar-refractivity contribution in [3.63, 3.8) is 0 Å². The zero-order valence-electron chi connectivity index (χ0n) is 57.6. The highest BCUT2D eigenvalue weighted by Crippen LogP contribution is 2.36. The zero-order valence-corrected chi connectivity index (χ0v) is 58.4. The number of carbonyl (C=O) groups excluding carboxylic acids is 7. The molecule has 3 amide bonds. The summed E-state index contributed by atoms with van der Waals surface area (Å²) in [6.45, 7) is 38.1. The molecule has 0 heterocycles. The Balaban J connectivity index is 0.000000652. The molecule has 0 aromatic carbocycles. The van der Waals surface area contributed by atoms with Gasteiger partial charge in [-0.1, -0.05) is 175 Å². The van der Waals surface area contributed by atoms with E-state index in [-0.39, 0.29) is 98.2 Å². The molecule has 14 nitrogen and oxygen atoms in total. The van der Waals surface area contributed by atoms with Crippen molar-refractivity contribution in [2.45, 2.75) is 297 Å². The summed E-state index contributed by atoms with van der Waals surface area (Å²) >= 11 is 1.16. The van der Waals surface area contributed by atoms with Crippen LogP contribution in [0.5, 0.6) is 0 Å². The Morgan fingerprint density at radius 2 is 0.802 bits per heavy atom. The van der Waals surface area contributed by atoms with Gasteiger partial charge in [0.25, 0.3) is 0 Å². The number of hydrogen-bond donors (Lipinski definition) is 3. The Bertz CT molecular complexity index is 2090. The maximum Gasteiger partial charge on any atom is 0.431 e. The first kappa shape index (κ1) is 80.0. The largest absolute Gasteiger partial charge is 0.450 e. The SMILES string of the molecule is CC(C)(C)CC(CCCCNC(=O)CONC(=O)OC1C=CCCCCC1)C(=O)C(C)(C)C.CC(C)(C)CC(CCCCNC(=O)OC1C=CCCCCC1)C(=O)C(C)(C)C.CC(C)(C)CC(CSC(=O)OC1C=CCCCCC1)C(=O)C(C)(C)C. The standard InChI is InChI=1S/C26H46N2O5.C24H43NO3.C21H36O3S/c1-25(2,3)18-20(23(30)26(4,5)6)14-12-13-17-27-22(29)19-32-28-24(31)33-21-15-10-8-7-9-11-16-21;1-23(2,3)18-19(21(26)24(4,5)6)14-12-13-17-25-22(27)28-20-15-10-8-7-9-11-16-20;1-20(2,3)14-16(18(22)21(4,5)6)15-25-19(23)24-17-12-10-8-7-9-11-13-17/h10,15,20-21H,7-9,11-14,16-19H2,1-6H3,(H,27,29)(H,28,31);10,15,19-20H,7-9,11-14,16-18H2,1-6H3,(H,25,27);10,12,16-17H,7-9,11,13-15H2,1-6H3. The maximum atomic E-state index is 12.8. The number of alkyl carbamates (subject to hydrolysis) is 1. The highest BCUT2D eigenvalue weighted by atomic mass is 32.2. The van der Waals surface area contributed by atoms with Gasteiger partial charge in [0.1, 0.15) is 35.7 Å². The summed E-state index contributed by atoms with van der Waals surface area (Å²) in [5.41, 5.74) is 1.42.